The van der Waals surface area contributed by atoms with Crippen LogP contribution < -0.4 is 0 Å². The van der Waals surface area contributed by atoms with Crippen molar-refractivity contribution >= 4 is 11.5 Å². The van der Waals surface area contributed by atoms with E-state index in [-0.39, 0.29) is 29.3 Å². The van der Waals surface area contributed by atoms with Gasteiger partial charge in [0.25, 0.3) is 0 Å². The van der Waals surface area contributed by atoms with Crippen molar-refractivity contribution in [2.24, 2.45) is 16.8 Å². The summed E-state index contributed by atoms with van der Waals surface area (Å²) in [7, 11) is 0. The van der Waals surface area contributed by atoms with Gasteiger partial charge in [0.2, 0.25) is 5.78 Å². The van der Waals surface area contributed by atoms with Gasteiger partial charge in [-0.05, 0) is 25.7 Å². The number of hydrogen-bond acceptors (Lipinski definition) is 3. The molecule has 120 valence electrons. The van der Waals surface area contributed by atoms with Crippen molar-refractivity contribution in [3.63, 3.8) is 0 Å². The van der Waals surface area contributed by atoms with E-state index in [2.05, 4.69) is 29.3 Å². The van der Waals surface area contributed by atoms with E-state index in [9.17, 15) is 9.90 Å². The van der Waals surface area contributed by atoms with Crippen LogP contribution in [-0.4, -0.2) is 21.6 Å². The summed E-state index contributed by atoms with van der Waals surface area (Å²) >= 11 is 0. The Balaban J connectivity index is 1.48. The molecule has 0 spiro atoms. The van der Waals surface area contributed by atoms with Gasteiger partial charge in [-0.15, -0.1) is 0 Å². The number of aromatic hydroxyl groups is 1. The van der Waals surface area contributed by atoms with Gasteiger partial charge < -0.3 is 10.1 Å². The normalized spacial score (nSPS) is 34.8. The zero-order valence-corrected chi connectivity index (χ0v) is 13.2. The van der Waals surface area contributed by atoms with Crippen LogP contribution in [0.1, 0.15) is 54.5 Å². The van der Waals surface area contributed by atoms with Gasteiger partial charge in [0.1, 0.15) is 17.2 Å². The molecule has 1 aliphatic heterocycles. The minimum atomic E-state index is 0.0123. The van der Waals surface area contributed by atoms with E-state index in [4.69, 9.17) is 4.99 Å². The number of aliphatic imine (C=N–C) groups is 1. The van der Waals surface area contributed by atoms with Gasteiger partial charge in [0.15, 0.2) is 0 Å². The number of ketones is 1. The molecule has 4 nitrogen and oxygen atoms in total. The second-order valence-electron chi connectivity index (χ2n) is 7.61. The average Bonchev–Trinajstić information content (AvgIpc) is 3.18. The topological polar surface area (TPSA) is 65.5 Å². The molecule has 0 fully saturated rings. The van der Waals surface area contributed by atoms with Gasteiger partial charge in [-0.1, -0.05) is 24.3 Å². The van der Waals surface area contributed by atoms with Crippen molar-refractivity contribution in [1.29, 1.82) is 0 Å². The summed E-state index contributed by atoms with van der Waals surface area (Å²) in [5.74, 6) is 1.35. The summed E-state index contributed by atoms with van der Waals surface area (Å²) in [5, 5.41) is 10.8. The molecule has 4 bridgehead atoms. The molecule has 0 amide bonds. The highest BCUT2D eigenvalue weighted by molar-refractivity contribution is 6.53. The third kappa shape index (κ3) is 1.41. The standard InChI is InChI=1S/C20H18N2O2/c23-19-13-9-1-5-11(6-2-9)15(13)21-17(19)18-20(24)14-10-3-7-12(8-4-10)16(14)22-18/h1,3,5,7,9-12,21,23H,2,4,6,8H2. The van der Waals surface area contributed by atoms with Gasteiger partial charge in [-0.25, -0.2) is 4.99 Å². The molecule has 0 saturated carbocycles. The van der Waals surface area contributed by atoms with E-state index in [1.165, 1.54) is 0 Å². The smallest absolute Gasteiger partial charge is 0.212 e. The number of fused-ring (bicyclic) bond motifs is 2. The van der Waals surface area contributed by atoms with Crippen molar-refractivity contribution in [3.8, 4) is 5.75 Å². The Morgan fingerprint density at radius 2 is 1.62 bits per heavy atom. The van der Waals surface area contributed by atoms with Crippen LogP contribution in [0.25, 0.3) is 0 Å². The van der Waals surface area contributed by atoms with Crippen molar-refractivity contribution < 1.29 is 9.90 Å². The first-order valence-corrected chi connectivity index (χ1v) is 8.91. The number of H-pyrrole nitrogens is 1. The molecule has 0 saturated heterocycles. The quantitative estimate of drug-likeness (QED) is 0.779. The van der Waals surface area contributed by atoms with Crippen molar-refractivity contribution in [2.45, 2.75) is 37.5 Å². The van der Waals surface area contributed by atoms with E-state index < -0.39 is 0 Å². The van der Waals surface area contributed by atoms with Crippen molar-refractivity contribution in [2.75, 3.05) is 0 Å². The molecule has 2 N–H and O–H groups in total. The molecule has 0 aromatic carbocycles. The lowest BCUT2D eigenvalue weighted by Crippen LogP contribution is -2.25. The number of aromatic nitrogens is 1. The van der Waals surface area contributed by atoms with E-state index in [1.807, 2.05) is 0 Å². The lowest BCUT2D eigenvalue weighted by atomic mass is 9.73. The first kappa shape index (κ1) is 13.0. The number of nitrogens with zero attached hydrogens (tertiary/aromatic N) is 1. The number of hydrogen-bond donors (Lipinski definition) is 2. The Labute approximate surface area is 139 Å². The number of aromatic amines is 1. The monoisotopic (exact) mass is 318 g/mol. The summed E-state index contributed by atoms with van der Waals surface area (Å²) in [5.41, 5.74) is 4.86. The molecule has 2 heterocycles. The third-order valence-electron chi connectivity index (χ3n) is 6.44. The molecule has 4 heteroatoms. The van der Waals surface area contributed by atoms with E-state index in [1.54, 1.807) is 0 Å². The largest absolute Gasteiger partial charge is 0.505 e. The van der Waals surface area contributed by atoms with E-state index in [0.717, 1.165) is 48.2 Å². The van der Waals surface area contributed by atoms with Crippen LogP contribution >= 0.6 is 0 Å². The van der Waals surface area contributed by atoms with E-state index in [0.29, 0.717) is 17.3 Å². The number of allylic oxidation sites excluding steroid dienone is 5. The Morgan fingerprint density at radius 1 is 0.958 bits per heavy atom. The lowest BCUT2D eigenvalue weighted by Gasteiger charge is -2.30. The first-order valence-electron chi connectivity index (χ1n) is 8.91. The highest BCUT2D eigenvalue weighted by atomic mass is 16.3. The fourth-order valence-electron chi connectivity index (χ4n) is 5.24. The fraction of sp³-hybridized carbons (Fsp3) is 0.400. The molecule has 4 unspecified atom stereocenters. The maximum absolute atomic E-state index is 13.0. The van der Waals surface area contributed by atoms with Crippen LogP contribution in [0.4, 0.5) is 0 Å². The summed E-state index contributed by atoms with van der Waals surface area (Å²) < 4.78 is 0. The molecule has 0 radical (unpaired) electrons. The van der Waals surface area contributed by atoms with Crippen LogP contribution in [0.2, 0.25) is 0 Å². The molecular formula is C20H18N2O2. The fourth-order valence-corrected chi connectivity index (χ4v) is 5.24. The predicted octanol–water partition coefficient (Wildman–Crippen LogP) is 3.47. The maximum Gasteiger partial charge on any atom is 0.212 e. The Hall–Kier alpha value is -2.36. The lowest BCUT2D eigenvalue weighted by molar-refractivity contribution is -0.110. The third-order valence-corrected chi connectivity index (χ3v) is 6.44. The van der Waals surface area contributed by atoms with Crippen LogP contribution in [0.15, 0.2) is 40.6 Å². The number of carbonyl (C=O) groups is 1. The number of rotatable bonds is 1. The second kappa shape index (κ2) is 4.18. The van der Waals surface area contributed by atoms with Gasteiger partial charge in [-0.3, -0.25) is 4.79 Å². The highest BCUT2D eigenvalue weighted by Gasteiger charge is 2.43. The zero-order chi connectivity index (χ0) is 16.0. The maximum atomic E-state index is 13.0. The summed E-state index contributed by atoms with van der Waals surface area (Å²) in [6.45, 7) is 0. The minimum absolute atomic E-state index is 0.0123. The van der Waals surface area contributed by atoms with E-state index >= 15 is 0 Å². The molecule has 4 atom stereocenters. The van der Waals surface area contributed by atoms with Crippen LogP contribution in [0, 0.1) is 11.8 Å². The summed E-state index contributed by atoms with van der Waals surface area (Å²) in [6, 6.07) is 0. The Bertz CT molecular complexity index is 928. The molecule has 1 aromatic heterocycles. The summed E-state index contributed by atoms with van der Waals surface area (Å²) in [6.07, 6.45) is 13.1. The van der Waals surface area contributed by atoms with Gasteiger partial charge in [0, 0.05) is 40.5 Å². The van der Waals surface area contributed by atoms with Gasteiger partial charge >= 0.3 is 0 Å². The Kier molecular flexibility index (Phi) is 2.26. The summed E-state index contributed by atoms with van der Waals surface area (Å²) in [4.78, 5) is 21.1. The van der Waals surface area contributed by atoms with Gasteiger partial charge in [0.05, 0.1) is 5.70 Å². The Morgan fingerprint density at radius 3 is 2.29 bits per heavy atom. The van der Waals surface area contributed by atoms with Crippen molar-refractivity contribution in [3.05, 3.63) is 52.5 Å². The van der Waals surface area contributed by atoms with Crippen LogP contribution in [0.3, 0.4) is 0 Å². The molecule has 6 aliphatic carbocycles. The van der Waals surface area contributed by atoms with Crippen LogP contribution in [0.5, 0.6) is 5.75 Å². The van der Waals surface area contributed by atoms with Crippen molar-refractivity contribution in [1.82, 2.24) is 4.98 Å². The van der Waals surface area contributed by atoms with Gasteiger partial charge in [-0.2, -0.15) is 0 Å². The van der Waals surface area contributed by atoms with Crippen LogP contribution in [-0.2, 0) is 4.79 Å². The zero-order valence-electron chi connectivity index (χ0n) is 13.2. The average molecular weight is 318 g/mol. The molecule has 24 heavy (non-hydrogen) atoms. The molecular weight excluding hydrogens is 300 g/mol. The number of nitrogens with one attached hydrogen (secondary N) is 1. The molecule has 1 aromatic rings. The predicted molar refractivity (Wildman–Crippen MR) is 90.2 cm³/mol. The molecule has 8 rings (SSSR count). The second-order valence-corrected chi connectivity index (χ2v) is 7.61. The minimum Gasteiger partial charge on any atom is -0.505 e. The first-order chi connectivity index (χ1) is 11.7. The number of carbonyl (C=O) groups excluding carboxylic acids is 1. The molecule has 7 aliphatic rings. The SMILES string of the molecule is O=C1C(c2[nH]c3c(c2O)C2C=CC3CC2)=NC2=C1C1C=CC2CC1. The number of Topliss-reactive ketones (excluding diaryl/α,β-unsaturated/α-hetero) is 1. The highest BCUT2D eigenvalue weighted by Crippen LogP contribution is 2.51.